The summed E-state index contributed by atoms with van der Waals surface area (Å²) in [7, 11) is 1.71. The molecule has 2 rings (SSSR count). The van der Waals surface area contributed by atoms with Crippen LogP contribution in [0, 0.1) is 0 Å². The second-order valence-corrected chi connectivity index (χ2v) is 6.48. The highest BCUT2D eigenvalue weighted by Gasteiger charge is 2.25. The SMILES string of the molecule is CCNC(c1ccc(CC)s1)c1c(OC)cnn1C(C)C. The Hall–Kier alpha value is -1.33. The zero-order chi connectivity index (χ0) is 15.4. The van der Waals surface area contributed by atoms with Crippen LogP contribution < -0.4 is 10.1 Å². The lowest BCUT2D eigenvalue weighted by atomic mass is 10.1. The van der Waals surface area contributed by atoms with Crippen LogP contribution in [-0.2, 0) is 6.42 Å². The molecule has 1 N–H and O–H groups in total. The van der Waals surface area contributed by atoms with E-state index >= 15 is 0 Å². The quantitative estimate of drug-likeness (QED) is 0.846. The third-order valence-corrected chi connectivity index (χ3v) is 4.80. The largest absolute Gasteiger partial charge is 0.493 e. The number of methoxy groups -OCH3 is 1. The summed E-state index contributed by atoms with van der Waals surface area (Å²) >= 11 is 1.86. The van der Waals surface area contributed by atoms with E-state index in [0.29, 0.717) is 6.04 Å². The molecule has 2 aromatic heterocycles. The van der Waals surface area contributed by atoms with Crippen molar-refractivity contribution in [2.45, 2.75) is 46.2 Å². The lowest BCUT2D eigenvalue weighted by Gasteiger charge is -2.21. The number of aryl methyl sites for hydroxylation is 1. The normalized spacial score (nSPS) is 12.9. The first-order valence-corrected chi connectivity index (χ1v) is 8.37. The molecule has 0 bridgehead atoms. The van der Waals surface area contributed by atoms with Crippen molar-refractivity contribution < 1.29 is 4.74 Å². The smallest absolute Gasteiger partial charge is 0.161 e. The van der Waals surface area contributed by atoms with Gasteiger partial charge in [0.2, 0.25) is 0 Å². The molecule has 2 heterocycles. The minimum atomic E-state index is 0.125. The van der Waals surface area contributed by atoms with Gasteiger partial charge in [0.15, 0.2) is 5.75 Å². The fraction of sp³-hybridized carbons (Fsp3) is 0.562. The fourth-order valence-electron chi connectivity index (χ4n) is 2.47. The van der Waals surface area contributed by atoms with E-state index in [1.54, 1.807) is 7.11 Å². The van der Waals surface area contributed by atoms with Crippen LogP contribution in [-0.4, -0.2) is 23.4 Å². The lowest BCUT2D eigenvalue weighted by Crippen LogP contribution is -2.25. The van der Waals surface area contributed by atoms with Gasteiger partial charge in [-0.05, 0) is 38.9 Å². The Morgan fingerprint density at radius 3 is 2.62 bits per heavy atom. The molecule has 116 valence electrons. The summed E-state index contributed by atoms with van der Waals surface area (Å²) in [6.07, 6.45) is 2.89. The fourth-order valence-corrected chi connectivity index (χ4v) is 3.51. The molecule has 0 aromatic carbocycles. The van der Waals surface area contributed by atoms with Gasteiger partial charge in [0.1, 0.15) is 5.69 Å². The summed E-state index contributed by atoms with van der Waals surface area (Å²) in [5, 5.41) is 8.08. The summed E-state index contributed by atoms with van der Waals surface area (Å²) in [5.74, 6) is 0.848. The summed E-state index contributed by atoms with van der Waals surface area (Å²) in [5.41, 5.74) is 1.11. The molecule has 0 spiro atoms. The van der Waals surface area contributed by atoms with Crippen molar-refractivity contribution in [3.05, 3.63) is 33.8 Å². The molecule has 2 aromatic rings. The molecule has 0 aliphatic heterocycles. The molecule has 0 fully saturated rings. The number of hydrogen-bond donors (Lipinski definition) is 1. The molecule has 0 aliphatic rings. The molecule has 1 unspecified atom stereocenters. The van der Waals surface area contributed by atoms with Crippen LogP contribution in [0.25, 0.3) is 0 Å². The number of aromatic nitrogens is 2. The molecule has 4 nitrogen and oxygen atoms in total. The van der Waals surface area contributed by atoms with Crippen LogP contribution in [0.4, 0.5) is 0 Å². The van der Waals surface area contributed by atoms with Crippen molar-refractivity contribution in [3.8, 4) is 5.75 Å². The molecule has 0 amide bonds. The van der Waals surface area contributed by atoms with Crippen LogP contribution in [0.15, 0.2) is 18.3 Å². The second-order valence-electron chi connectivity index (χ2n) is 5.28. The summed E-state index contributed by atoms with van der Waals surface area (Å²) in [6.45, 7) is 9.51. The Kier molecular flexibility index (Phi) is 5.42. The van der Waals surface area contributed by atoms with E-state index < -0.39 is 0 Å². The topological polar surface area (TPSA) is 39.1 Å². The molecule has 5 heteroatoms. The van der Waals surface area contributed by atoms with E-state index in [1.165, 1.54) is 9.75 Å². The van der Waals surface area contributed by atoms with Crippen molar-refractivity contribution in [3.63, 3.8) is 0 Å². The number of nitrogens with zero attached hydrogens (tertiary/aromatic N) is 2. The highest BCUT2D eigenvalue weighted by molar-refractivity contribution is 7.12. The predicted octanol–water partition coefficient (Wildman–Crippen LogP) is 3.80. The Bertz CT molecular complexity index is 574. The van der Waals surface area contributed by atoms with Gasteiger partial charge in [-0.3, -0.25) is 4.68 Å². The van der Waals surface area contributed by atoms with Gasteiger partial charge in [-0.1, -0.05) is 13.8 Å². The lowest BCUT2D eigenvalue weighted by molar-refractivity contribution is 0.395. The molecule has 1 atom stereocenters. The summed E-state index contributed by atoms with van der Waals surface area (Å²) in [6, 6.07) is 4.86. The molecule has 0 saturated carbocycles. The maximum Gasteiger partial charge on any atom is 0.161 e. The highest BCUT2D eigenvalue weighted by Crippen LogP contribution is 2.35. The Morgan fingerprint density at radius 1 is 1.33 bits per heavy atom. The number of hydrogen-bond acceptors (Lipinski definition) is 4. The Morgan fingerprint density at radius 2 is 2.10 bits per heavy atom. The van der Waals surface area contributed by atoms with E-state index in [9.17, 15) is 0 Å². The molecule has 0 saturated heterocycles. The maximum absolute atomic E-state index is 5.54. The number of thiophene rings is 1. The highest BCUT2D eigenvalue weighted by atomic mass is 32.1. The minimum absolute atomic E-state index is 0.125. The van der Waals surface area contributed by atoms with E-state index in [2.05, 4.69) is 54.9 Å². The van der Waals surface area contributed by atoms with Crippen molar-refractivity contribution in [1.29, 1.82) is 0 Å². The van der Waals surface area contributed by atoms with E-state index in [4.69, 9.17) is 4.74 Å². The summed E-state index contributed by atoms with van der Waals surface area (Å²) < 4.78 is 7.59. The zero-order valence-corrected chi connectivity index (χ0v) is 14.3. The molecule has 0 radical (unpaired) electrons. The summed E-state index contributed by atoms with van der Waals surface area (Å²) in [4.78, 5) is 2.72. The number of nitrogens with one attached hydrogen (secondary N) is 1. The maximum atomic E-state index is 5.54. The van der Waals surface area contributed by atoms with Gasteiger partial charge in [0.05, 0.1) is 19.3 Å². The average Bonchev–Trinajstić information content (AvgIpc) is 3.11. The van der Waals surface area contributed by atoms with Gasteiger partial charge in [0, 0.05) is 15.8 Å². The zero-order valence-electron chi connectivity index (χ0n) is 13.5. The third kappa shape index (κ3) is 3.30. The van der Waals surface area contributed by atoms with Crippen LogP contribution in [0.5, 0.6) is 5.75 Å². The predicted molar refractivity (Wildman–Crippen MR) is 88.4 cm³/mol. The van der Waals surface area contributed by atoms with Gasteiger partial charge in [-0.15, -0.1) is 11.3 Å². The van der Waals surface area contributed by atoms with E-state index in [0.717, 1.165) is 24.4 Å². The second kappa shape index (κ2) is 7.09. The van der Waals surface area contributed by atoms with Crippen LogP contribution in [0.2, 0.25) is 0 Å². The first kappa shape index (κ1) is 16.0. The first-order chi connectivity index (χ1) is 10.1. The van der Waals surface area contributed by atoms with Gasteiger partial charge in [-0.2, -0.15) is 5.10 Å². The molecule has 21 heavy (non-hydrogen) atoms. The van der Waals surface area contributed by atoms with Crippen LogP contribution in [0.3, 0.4) is 0 Å². The third-order valence-electron chi connectivity index (χ3n) is 3.50. The Labute approximate surface area is 131 Å². The molecular weight excluding hydrogens is 282 g/mol. The van der Waals surface area contributed by atoms with Gasteiger partial charge in [0.25, 0.3) is 0 Å². The van der Waals surface area contributed by atoms with Crippen LogP contribution in [0.1, 0.15) is 55.2 Å². The van der Waals surface area contributed by atoms with Crippen molar-refractivity contribution in [2.24, 2.45) is 0 Å². The first-order valence-electron chi connectivity index (χ1n) is 7.55. The average molecular weight is 307 g/mol. The van der Waals surface area contributed by atoms with E-state index in [1.807, 2.05) is 17.5 Å². The van der Waals surface area contributed by atoms with Gasteiger partial charge < -0.3 is 10.1 Å². The number of rotatable bonds is 7. The van der Waals surface area contributed by atoms with Gasteiger partial charge >= 0.3 is 0 Å². The molecular formula is C16H25N3OS. The Balaban J connectivity index is 2.48. The minimum Gasteiger partial charge on any atom is -0.493 e. The standard InChI is InChI=1S/C16H25N3OS/c1-6-12-8-9-14(21-12)15(17-7-2)16-13(20-5)10-18-19(16)11(3)4/h8-11,15,17H,6-7H2,1-5H3. The van der Waals surface area contributed by atoms with E-state index in [-0.39, 0.29) is 6.04 Å². The number of ether oxygens (including phenoxy) is 1. The van der Waals surface area contributed by atoms with Crippen LogP contribution >= 0.6 is 11.3 Å². The van der Waals surface area contributed by atoms with Crippen molar-refractivity contribution in [1.82, 2.24) is 15.1 Å². The van der Waals surface area contributed by atoms with Gasteiger partial charge in [-0.25, -0.2) is 0 Å². The van der Waals surface area contributed by atoms with Crippen molar-refractivity contribution in [2.75, 3.05) is 13.7 Å². The van der Waals surface area contributed by atoms with Crippen molar-refractivity contribution >= 4 is 11.3 Å². The monoisotopic (exact) mass is 307 g/mol. The molecule has 0 aliphatic carbocycles.